The highest BCUT2D eigenvalue weighted by atomic mass is 16.7. The zero-order chi connectivity index (χ0) is 15.6. The fraction of sp³-hybridized carbons (Fsp3) is 0.562. The maximum atomic E-state index is 11.6. The van der Waals surface area contributed by atoms with E-state index in [0.717, 1.165) is 25.9 Å². The zero-order valence-corrected chi connectivity index (χ0v) is 12.7. The third kappa shape index (κ3) is 5.43. The van der Waals surface area contributed by atoms with Crippen LogP contribution >= 0.6 is 0 Å². The molecule has 0 bridgehead atoms. The summed E-state index contributed by atoms with van der Waals surface area (Å²) >= 11 is 0. The van der Waals surface area contributed by atoms with Crippen molar-refractivity contribution < 1.29 is 19.0 Å². The molecule has 0 spiro atoms. The van der Waals surface area contributed by atoms with Gasteiger partial charge in [-0.15, -0.1) is 0 Å². The van der Waals surface area contributed by atoms with E-state index < -0.39 is 5.97 Å². The van der Waals surface area contributed by atoms with Gasteiger partial charge in [-0.2, -0.15) is 0 Å². The molecule has 1 aliphatic rings. The summed E-state index contributed by atoms with van der Waals surface area (Å²) in [6.45, 7) is 3.35. The Morgan fingerprint density at radius 2 is 2.36 bits per heavy atom. The van der Waals surface area contributed by atoms with Crippen LogP contribution in [0.25, 0.3) is 0 Å². The lowest BCUT2D eigenvalue weighted by atomic mass is 10.2. The number of carbonyl (C=O) groups is 1. The summed E-state index contributed by atoms with van der Waals surface area (Å²) in [5.41, 5.74) is 0.708. The van der Waals surface area contributed by atoms with E-state index in [1.54, 1.807) is 6.92 Å². The van der Waals surface area contributed by atoms with E-state index in [-0.39, 0.29) is 12.0 Å². The van der Waals surface area contributed by atoms with Crippen LogP contribution in [0.1, 0.15) is 48.8 Å². The molecular weight excluding hydrogens is 284 g/mol. The van der Waals surface area contributed by atoms with Gasteiger partial charge in [-0.25, -0.2) is 14.8 Å². The molecule has 0 amide bonds. The Morgan fingerprint density at radius 3 is 3.14 bits per heavy atom. The summed E-state index contributed by atoms with van der Waals surface area (Å²) in [6.07, 6.45) is 5.00. The molecule has 0 aliphatic carbocycles. The molecule has 6 nitrogen and oxygen atoms in total. The second kappa shape index (κ2) is 9.13. The van der Waals surface area contributed by atoms with Gasteiger partial charge in [0, 0.05) is 19.1 Å². The van der Waals surface area contributed by atoms with Crippen LogP contribution in [-0.4, -0.2) is 42.0 Å². The Balaban J connectivity index is 1.78. The van der Waals surface area contributed by atoms with Crippen LogP contribution < -0.4 is 0 Å². The molecule has 1 aromatic heterocycles. The molecule has 1 unspecified atom stereocenters. The molecule has 1 aromatic rings. The molecule has 0 N–H and O–H groups in total. The molecule has 118 valence electrons. The molecule has 1 saturated heterocycles. The number of hydrogen-bond acceptors (Lipinski definition) is 6. The van der Waals surface area contributed by atoms with Crippen LogP contribution in [0.15, 0.2) is 12.4 Å². The average molecular weight is 304 g/mol. The normalized spacial score (nSPS) is 17.4. The van der Waals surface area contributed by atoms with Crippen LogP contribution in [0, 0.1) is 11.8 Å². The molecular formula is C16H20N2O4. The third-order valence-electron chi connectivity index (χ3n) is 3.04. The highest BCUT2D eigenvalue weighted by Crippen LogP contribution is 2.13. The lowest BCUT2D eigenvalue weighted by Gasteiger charge is -2.22. The predicted molar refractivity (Wildman–Crippen MR) is 79.0 cm³/mol. The fourth-order valence-corrected chi connectivity index (χ4v) is 1.98. The van der Waals surface area contributed by atoms with Gasteiger partial charge < -0.3 is 14.2 Å². The summed E-state index contributed by atoms with van der Waals surface area (Å²) in [6, 6.07) is 1.52. The number of rotatable bonds is 5. The average Bonchev–Trinajstić information content (AvgIpc) is 2.56. The van der Waals surface area contributed by atoms with Crippen molar-refractivity contribution >= 4 is 5.97 Å². The van der Waals surface area contributed by atoms with Gasteiger partial charge in [-0.05, 0) is 32.1 Å². The number of esters is 1. The number of ether oxygens (including phenoxy) is 3. The number of aromatic nitrogens is 2. The SMILES string of the molecule is CCOC(=O)c1cc(C#CCCOC2CCCCO2)ncn1. The summed E-state index contributed by atoms with van der Waals surface area (Å²) in [5.74, 6) is 5.39. The summed E-state index contributed by atoms with van der Waals surface area (Å²) < 4.78 is 15.9. The minimum absolute atomic E-state index is 0.0926. The molecule has 0 aromatic carbocycles. The zero-order valence-electron chi connectivity index (χ0n) is 12.7. The van der Waals surface area contributed by atoms with Crippen LogP contribution in [0.2, 0.25) is 0 Å². The standard InChI is InChI=1S/C16H20N2O4/c1-2-20-16(19)14-11-13(17-12-18-14)7-3-5-9-21-15-8-4-6-10-22-15/h11-12,15H,2,4-6,8-10H2,1H3. The summed E-state index contributed by atoms with van der Waals surface area (Å²) in [7, 11) is 0. The first-order valence-corrected chi connectivity index (χ1v) is 7.51. The van der Waals surface area contributed by atoms with Crippen molar-refractivity contribution in [3.05, 3.63) is 23.8 Å². The molecule has 2 heterocycles. The lowest BCUT2D eigenvalue weighted by molar-refractivity contribution is -0.161. The first-order valence-electron chi connectivity index (χ1n) is 7.51. The minimum atomic E-state index is -0.467. The quantitative estimate of drug-likeness (QED) is 0.470. The summed E-state index contributed by atoms with van der Waals surface area (Å²) in [5, 5.41) is 0. The van der Waals surface area contributed by atoms with Gasteiger partial charge in [0.15, 0.2) is 12.0 Å². The van der Waals surface area contributed by atoms with Gasteiger partial charge in [0.25, 0.3) is 0 Å². The van der Waals surface area contributed by atoms with Gasteiger partial charge in [-0.1, -0.05) is 5.92 Å². The maximum Gasteiger partial charge on any atom is 0.357 e. The highest BCUT2D eigenvalue weighted by Gasteiger charge is 2.13. The van der Waals surface area contributed by atoms with Gasteiger partial charge in [0.2, 0.25) is 0 Å². The van der Waals surface area contributed by atoms with Crippen molar-refractivity contribution in [2.24, 2.45) is 0 Å². The second-order valence-electron chi connectivity index (χ2n) is 4.73. The first kappa shape index (κ1) is 16.4. The van der Waals surface area contributed by atoms with Gasteiger partial charge in [0.05, 0.1) is 13.2 Å². The minimum Gasteiger partial charge on any atom is -0.461 e. The number of carbonyl (C=O) groups excluding carboxylic acids is 1. The molecule has 22 heavy (non-hydrogen) atoms. The maximum absolute atomic E-state index is 11.6. The molecule has 1 atom stereocenters. The van der Waals surface area contributed by atoms with Crippen molar-refractivity contribution in [2.45, 2.75) is 38.9 Å². The molecule has 0 saturated carbocycles. The second-order valence-corrected chi connectivity index (χ2v) is 4.73. The monoisotopic (exact) mass is 304 g/mol. The van der Waals surface area contributed by atoms with Crippen molar-refractivity contribution in [1.82, 2.24) is 9.97 Å². The Labute approximate surface area is 130 Å². The van der Waals surface area contributed by atoms with E-state index in [9.17, 15) is 4.79 Å². The van der Waals surface area contributed by atoms with Crippen LogP contribution in [0.5, 0.6) is 0 Å². The Morgan fingerprint density at radius 1 is 1.45 bits per heavy atom. The third-order valence-corrected chi connectivity index (χ3v) is 3.04. The van der Waals surface area contributed by atoms with E-state index >= 15 is 0 Å². The predicted octanol–water partition coefficient (Wildman–Crippen LogP) is 1.94. The topological polar surface area (TPSA) is 70.5 Å². The van der Waals surface area contributed by atoms with Crippen LogP contribution in [-0.2, 0) is 14.2 Å². The molecule has 1 fully saturated rings. The van der Waals surface area contributed by atoms with Gasteiger partial charge in [-0.3, -0.25) is 0 Å². The molecule has 0 radical (unpaired) electrons. The smallest absolute Gasteiger partial charge is 0.357 e. The van der Waals surface area contributed by atoms with Crippen molar-refractivity contribution in [3.8, 4) is 11.8 Å². The van der Waals surface area contributed by atoms with Crippen molar-refractivity contribution in [1.29, 1.82) is 0 Å². The molecule has 2 rings (SSSR count). The van der Waals surface area contributed by atoms with E-state index in [1.807, 2.05) is 0 Å². The Bertz CT molecular complexity index is 545. The van der Waals surface area contributed by atoms with Gasteiger partial charge in [0.1, 0.15) is 12.0 Å². The molecule has 1 aliphatic heterocycles. The van der Waals surface area contributed by atoms with Gasteiger partial charge >= 0.3 is 5.97 Å². The van der Waals surface area contributed by atoms with Crippen LogP contribution in [0.3, 0.4) is 0 Å². The lowest BCUT2D eigenvalue weighted by Crippen LogP contribution is -2.22. The Hall–Kier alpha value is -1.97. The van der Waals surface area contributed by atoms with Crippen molar-refractivity contribution in [3.63, 3.8) is 0 Å². The highest BCUT2D eigenvalue weighted by molar-refractivity contribution is 5.87. The van der Waals surface area contributed by atoms with E-state index in [1.165, 1.54) is 12.4 Å². The fourth-order valence-electron chi connectivity index (χ4n) is 1.98. The largest absolute Gasteiger partial charge is 0.461 e. The van der Waals surface area contributed by atoms with Crippen molar-refractivity contribution in [2.75, 3.05) is 19.8 Å². The number of hydrogen-bond donors (Lipinski definition) is 0. The van der Waals surface area contributed by atoms with Crippen LogP contribution in [0.4, 0.5) is 0 Å². The first-order chi connectivity index (χ1) is 10.8. The number of nitrogens with zero attached hydrogens (tertiary/aromatic N) is 2. The molecule has 6 heteroatoms. The van der Waals surface area contributed by atoms with E-state index in [4.69, 9.17) is 14.2 Å². The summed E-state index contributed by atoms with van der Waals surface area (Å²) in [4.78, 5) is 19.4. The van der Waals surface area contributed by atoms with E-state index in [2.05, 4.69) is 21.8 Å². The Kier molecular flexibility index (Phi) is 6.81. The van der Waals surface area contributed by atoms with E-state index in [0.29, 0.717) is 25.3 Å².